The van der Waals surface area contributed by atoms with Crippen LogP contribution in [0.5, 0.6) is 5.75 Å². The first kappa shape index (κ1) is 20.3. The minimum Gasteiger partial charge on any atom is -0.491 e. The number of benzene rings is 1. The van der Waals surface area contributed by atoms with Crippen LogP contribution in [-0.2, 0) is 9.53 Å². The summed E-state index contributed by atoms with van der Waals surface area (Å²) in [6, 6.07) is 4.14. The van der Waals surface area contributed by atoms with Crippen molar-refractivity contribution in [3.8, 4) is 5.75 Å². The van der Waals surface area contributed by atoms with Gasteiger partial charge in [-0.2, -0.15) is 0 Å². The van der Waals surface area contributed by atoms with Crippen molar-refractivity contribution in [2.75, 3.05) is 26.3 Å². The molecule has 2 heterocycles. The second-order valence-electron chi connectivity index (χ2n) is 8.63. The maximum Gasteiger partial charge on any atom is 0.407 e. The van der Waals surface area contributed by atoms with E-state index in [0.717, 1.165) is 19.3 Å². The molecule has 1 spiro atoms. The molecule has 158 valence electrons. The molecular formula is C21H26ClFN2O4. The molecule has 0 atom stereocenters. The van der Waals surface area contributed by atoms with Crippen LogP contribution in [0.2, 0.25) is 5.02 Å². The summed E-state index contributed by atoms with van der Waals surface area (Å²) in [5, 5.41) is 3.10. The summed E-state index contributed by atoms with van der Waals surface area (Å²) in [5.74, 6) is 0.227. The SMILES string of the molecule is CCC1(COc2ccc(F)cc2Cl)CCN(C(=O)C2CC3(COC(=O)N3)C2)CC1. The number of hydrogen-bond acceptors (Lipinski definition) is 4. The number of nitrogens with zero attached hydrogens (tertiary/aromatic N) is 1. The minimum absolute atomic E-state index is 0.0252. The van der Waals surface area contributed by atoms with Crippen LogP contribution in [0.3, 0.4) is 0 Å². The Morgan fingerprint density at radius 3 is 2.69 bits per heavy atom. The first-order valence-corrected chi connectivity index (χ1v) is 10.5. The molecule has 29 heavy (non-hydrogen) atoms. The monoisotopic (exact) mass is 424 g/mol. The zero-order chi connectivity index (χ0) is 20.6. The molecule has 0 unspecified atom stereocenters. The minimum atomic E-state index is -0.388. The van der Waals surface area contributed by atoms with Gasteiger partial charge in [0.05, 0.1) is 17.2 Å². The summed E-state index contributed by atoms with van der Waals surface area (Å²) >= 11 is 6.07. The van der Waals surface area contributed by atoms with Gasteiger partial charge in [-0.15, -0.1) is 0 Å². The molecule has 2 saturated heterocycles. The molecule has 0 radical (unpaired) electrons. The van der Waals surface area contributed by atoms with Gasteiger partial charge in [-0.05, 0) is 50.3 Å². The van der Waals surface area contributed by atoms with E-state index in [-0.39, 0.29) is 39.7 Å². The molecule has 6 nitrogen and oxygen atoms in total. The largest absolute Gasteiger partial charge is 0.491 e. The highest BCUT2D eigenvalue weighted by molar-refractivity contribution is 6.32. The van der Waals surface area contributed by atoms with E-state index in [1.54, 1.807) is 6.07 Å². The predicted molar refractivity (Wildman–Crippen MR) is 105 cm³/mol. The van der Waals surface area contributed by atoms with Gasteiger partial charge in [0.25, 0.3) is 0 Å². The number of halogens is 2. The number of piperidine rings is 1. The average molecular weight is 425 g/mol. The van der Waals surface area contributed by atoms with Crippen LogP contribution in [0.1, 0.15) is 39.0 Å². The van der Waals surface area contributed by atoms with Crippen LogP contribution < -0.4 is 10.1 Å². The van der Waals surface area contributed by atoms with Crippen LogP contribution in [0.15, 0.2) is 18.2 Å². The summed E-state index contributed by atoms with van der Waals surface area (Å²) in [6.07, 6.45) is 3.56. The van der Waals surface area contributed by atoms with Gasteiger partial charge in [0.15, 0.2) is 0 Å². The lowest BCUT2D eigenvalue weighted by Gasteiger charge is -2.46. The number of hydrogen-bond donors (Lipinski definition) is 1. The molecule has 1 aliphatic carbocycles. The van der Waals surface area contributed by atoms with Crippen molar-refractivity contribution in [3.05, 3.63) is 29.0 Å². The molecule has 3 aliphatic rings. The number of amides is 2. The van der Waals surface area contributed by atoms with E-state index < -0.39 is 0 Å². The van der Waals surface area contributed by atoms with E-state index in [2.05, 4.69) is 12.2 Å². The van der Waals surface area contributed by atoms with Crippen LogP contribution in [0.25, 0.3) is 0 Å². The number of carbonyl (C=O) groups excluding carboxylic acids is 2. The molecule has 4 rings (SSSR count). The van der Waals surface area contributed by atoms with Crippen LogP contribution >= 0.6 is 11.6 Å². The Kier molecular flexibility index (Phi) is 5.36. The molecule has 0 bridgehead atoms. The van der Waals surface area contributed by atoms with Gasteiger partial charge in [0.1, 0.15) is 18.2 Å². The number of likely N-dealkylation sites (tertiary alicyclic amines) is 1. The molecule has 2 amide bonds. The third kappa shape index (κ3) is 4.02. The maximum atomic E-state index is 13.2. The highest BCUT2D eigenvalue weighted by Crippen LogP contribution is 2.43. The number of nitrogens with one attached hydrogen (secondary N) is 1. The molecule has 1 N–H and O–H groups in total. The van der Waals surface area contributed by atoms with E-state index in [1.807, 2.05) is 4.90 Å². The van der Waals surface area contributed by atoms with Crippen molar-refractivity contribution in [1.82, 2.24) is 10.2 Å². The Balaban J connectivity index is 1.29. The first-order chi connectivity index (χ1) is 13.8. The lowest BCUT2D eigenvalue weighted by molar-refractivity contribution is -0.144. The van der Waals surface area contributed by atoms with Gasteiger partial charge >= 0.3 is 6.09 Å². The molecule has 3 fully saturated rings. The van der Waals surface area contributed by atoms with Gasteiger partial charge in [0, 0.05) is 24.4 Å². The van der Waals surface area contributed by atoms with Crippen LogP contribution in [0, 0.1) is 17.2 Å². The van der Waals surface area contributed by atoms with Crippen molar-refractivity contribution in [2.45, 2.75) is 44.6 Å². The molecule has 1 aromatic carbocycles. The summed E-state index contributed by atoms with van der Waals surface area (Å²) in [6.45, 7) is 4.37. The quantitative estimate of drug-likeness (QED) is 0.781. The summed E-state index contributed by atoms with van der Waals surface area (Å²) in [5.41, 5.74) is -0.356. The topological polar surface area (TPSA) is 67.9 Å². The summed E-state index contributed by atoms with van der Waals surface area (Å²) in [7, 11) is 0. The van der Waals surface area contributed by atoms with Crippen molar-refractivity contribution >= 4 is 23.6 Å². The fraction of sp³-hybridized carbons (Fsp3) is 0.619. The fourth-order valence-electron chi connectivity index (χ4n) is 4.65. The fourth-order valence-corrected chi connectivity index (χ4v) is 4.87. The zero-order valence-electron chi connectivity index (χ0n) is 16.5. The standard InChI is InChI=1S/C21H26ClFN2O4/c1-2-20(12-28-17-4-3-15(23)9-16(17)22)5-7-25(8-6-20)18(26)14-10-21(11-14)13-29-19(27)24-21/h3-4,9,14H,2,5-8,10-13H2,1H3,(H,24,27). The lowest BCUT2D eigenvalue weighted by atomic mass is 9.68. The number of ether oxygens (including phenoxy) is 2. The van der Waals surface area contributed by atoms with E-state index in [4.69, 9.17) is 21.1 Å². The second kappa shape index (κ2) is 7.67. The summed E-state index contributed by atoms with van der Waals surface area (Å²) < 4.78 is 24.1. The van der Waals surface area contributed by atoms with Gasteiger partial charge < -0.3 is 19.7 Å². The van der Waals surface area contributed by atoms with Gasteiger partial charge in [-0.1, -0.05) is 18.5 Å². The van der Waals surface area contributed by atoms with Gasteiger partial charge in [-0.3, -0.25) is 4.79 Å². The number of rotatable bonds is 5. The smallest absolute Gasteiger partial charge is 0.407 e. The molecule has 2 aliphatic heterocycles. The Morgan fingerprint density at radius 1 is 1.38 bits per heavy atom. The lowest BCUT2D eigenvalue weighted by Crippen LogP contribution is -2.59. The van der Waals surface area contributed by atoms with Crippen LogP contribution in [-0.4, -0.2) is 48.7 Å². The Bertz CT molecular complexity index is 804. The van der Waals surface area contributed by atoms with E-state index in [9.17, 15) is 14.0 Å². The Morgan fingerprint density at radius 2 is 2.10 bits per heavy atom. The Labute approximate surface area is 174 Å². The molecular weight excluding hydrogens is 399 g/mol. The first-order valence-electron chi connectivity index (χ1n) is 10.2. The number of carbonyl (C=O) groups is 2. The highest BCUT2D eigenvalue weighted by atomic mass is 35.5. The molecule has 1 aromatic rings. The van der Waals surface area contributed by atoms with Gasteiger partial charge in [-0.25, -0.2) is 9.18 Å². The van der Waals surface area contributed by atoms with E-state index in [1.165, 1.54) is 12.1 Å². The summed E-state index contributed by atoms with van der Waals surface area (Å²) in [4.78, 5) is 26.1. The maximum absolute atomic E-state index is 13.2. The van der Waals surface area contributed by atoms with Crippen molar-refractivity contribution in [1.29, 1.82) is 0 Å². The third-order valence-electron chi connectivity index (χ3n) is 6.78. The van der Waals surface area contributed by atoms with E-state index >= 15 is 0 Å². The molecule has 8 heteroatoms. The average Bonchev–Trinajstić information content (AvgIpc) is 3.08. The van der Waals surface area contributed by atoms with E-state index in [0.29, 0.717) is 44.9 Å². The molecule has 0 aromatic heterocycles. The van der Waals surface area contributed by atoms with Crippen molar-refractivity contribution < 1.29 is 23.5 Å². The van der Waals surface area contributed by atoms with Crippen molar-refractivity contribution in [2.24, 2.45) is 11.3 Å². The predicted octanol–water partition coefficient (Wildman–Crippen LogP) is 3.77. The number of cyclic esters (lactones) is 1. The van der Waals surface area contributed by atoms with Crippen molar-refractivity contribution in [3.63, 3.8) is 0 Å². The zero-order valence-corrected chi connectivity index (χ0v) is 17.3. The van der Waals surface area contributed by atoms with Crippen LogP contribution in [0.4, 0.5) is 9.18 Å². The molecule has 1 saturated carbocycles. The second-order valence-corrected chi connectivity index (χ2v) is 9.04. The third-order valence-corrected chi connectivity index (χ3v) is 7.08. The number of alkyl carbamates (subject to hydrolysis) is 1. The normalized spacial score (nSPS) is 27.9. The van der Waals surface area contributed by atoms with Gasteiger partial charge in [0.2, 0.25) is 5.91 Å². The highest BCUT2D eigenvalue weighted by Gasteiger charge is 2.53. The Hall–Kier alpha value is -2.02.